The Kier molecular flexibility index (Phi) is 5.39. The van der Waals surface area contributed by atoms with E-state index in [1.807, 2.05) is 50.2 Å². The van der Waals surface area contributed by atoms with Crippen molar-refractivity contribution < 1.29 is 4.79 Å². The van der Waals surface area contributed by atoms with Crippen LogP contribution in [0.1, 0.15) is 41.5 Å². The molecule has 4 rings (SSSR count). The van der Waals surface area contributed by atoms with E-state index in [0.717, 1.165) is 12.0 Å². The molecule has 1 amide bonds. The maximum Gasteiger partial charge on any atom is 0.276 e. The van der Waals surface area contributed by atoms with Crippen LogP contribution in [-0.4, -0.2) is 20.7 Å². The van der Waals surface area contributed by atoms with E-state index >= 15 is 0 Å². The number of amides is 1. The van der Waals surface area contributed by atoms with Crippen LogP contribution in [0, 0.1) is 0 Å². The van der Waals surface area contributed by atoms with Gasteiger partial charge in [0.15, 0.2) is 5.69 Å². The van der Waals surface area contributed by atoms with Crippen molar-refractivity contribution in [3.05, 3.63) is 100 Å². The van der Waals surface area contributed by atoms with E-state index in [2.05, 4.69) is 15.4 Å². The zero-order chi connectivity index (χ0) is 21.1. The summed E-state index contributed by atoms with van der Waals surface area (Å²) in [5.74, 6) is -0.345. The predicted octanol–water partition coefficient (Wildman–Crippen LogP) is 4.22. The van der Waals surface area contributed by atoms with Crippen LogP contribution < -0.4 is 10.9 Å². The molecule has 0 unspecified atom stereocenters. The number of anilines is 1. The molecule has 150 valence electrons. The van der Waals surface area contributed by atoms with E-state index in [9.17, 15) is 9.59 Å². The Labute approximate surface area is 174 Å². The third kappa shape index (κ3) is 3.98. The summed E-state index contributed by atoms with van der Waals surface area (Å²) in [6.07, 6.45) is 4.35. The number of aromatic nitrogens is 3. The lowest BCUT2D eigenvalue weighted by Gasteiger charge is -2.13. The van der Waals surface area contributed by atoms with Gasteiger partial charge in [-0.3, -0.25) is 14.6 Å². The van der Waals surface area contributed by atoms with Gasteiger partial charge in [-0.05, 0) is 61.7 Å². The third-order valence-corrected chi connectivity index (χ3v) is 4.90. The topological polar surface area (TPSA) is 76.9 Å². The number of benzene rings is 2. The van der Waals surface area contributed by atoms with Crippen molar-refractivity contribution in [1.82, 2.24) is 14.8 Å². The van der Waals surface area contributed by atoms with Gasteiger partial charge >= 0.3 is 0 Å². The third-order valence-electron chi connectivity index (χ3n) is 4.90. The molecule has 6 nitrogen and oxygen atoms in total. The smallest absolute Gasteiger partial charge is 0.276 e. The lowest BCUT2D eigenvalue weighted by atomic mass is 10.1. The molecule has 2 aromatic heterocycles. The summed E-state index contributed by atoms with van der Waals surface area (Å²) >= 11 is 0. The average molecular weight is 398 g/mol. The fourth-order valence-electron chi connectivity index (χ4n) is 3.36. The first-order chi connectivity index (χ1) is 14.5. The number of fused-ring (bicyclic) bond motifs is 1. The quantitative estimate of drug-likeness (QED) is 0.546. The Morgan fingerprint density at radius 2 is 1.57 bits per heavy atom. The van der Waals surface area contributed by atoms with Gasteiger partial charge in [0.1, 0.15) is 0 Å². The lowest BCUT2D eigenvalue weighted by Crippen LogP contribution is -2.28. The second kappa shape index (κ2) is 8.29. The first-order valence-corrected chi connectivity index (χ1v) is 9.83. The highest BCUT2D eigenvalue weighted by atomic mass is 16.2. The van der Waals surface area contributed by atoms with E-state index in [1.54, 1.807) is 36.7 Å². The Morgan fingerprint density at radius 1 is 0.933 bits per heavy atom. The maximum atomic E-state index is 13.0. The summed E-state index contributed by atoms with van der Waals surface area (Å²) in [6, 6.07) is 18.6. The number of carbonyl (C=O) groups excluding carboxylic acids is 1. The summed E-state index contributed by atoms with van der Waals surface area (Å²) in [6.45, 7) is 3.73. The first-order valence-electron chi connectivity index (χ1n) is 9.83. The van der Waals surface area contributed by atoms with E-state index in [4.69, 9.17) is 0 Å². The Balaban J connectivity index is 1.60. The molecule has 0 bridgehead atoms. The van der Waals surface area contributed by atoms with Crippen LogP contribution in [0.2, 0.25) is 0 Å². The highest BCUT2D eigenvalue weighted by Crippen LogP contribution is 2.18. The van der Waals surface area contributed by atoms with Gasteiger partial charge in [0.2, 0.25) is 0 Å². The largest absolute Gasteiger partial charge is 0.321 e. The highest BCUT2D eigenvalue weighted by molar-refractivity contribution is 6.11. The van der Waals surface area contributed by atoms with Gasteiger partial charge in [0, 0.05) is 23.5 Å². The van der Waals surface area contributed by atoms with Gasteiger partial charge in [-0.15, -0.1) is 0 Å². The van der Waals surface area contributed by atoms with E-state index in [1.165, 1.54) is 10.2 Å². The minimum absolute atomic E-state index is 0.152. The second-order valence-electron chi connectivity index (χ2n) is 7.42. The van der Waals surface area contributed by atoms with Crippen molar-refractivity contribution in [2.75, 3.05) is 5.32 Å². The molecule has 0 aliphatic heterocycles. The van der Waals surface area contributed by atoms with Gasteiger partial charge < -0.3 is 5.32 Å². The molecular weight excluding hydrogens is 376 g/mol. The van der Waals surface area contributed by atoms with Gasteiger partial charge in [-0.2, -0.15) is 5.10 Å². The number of pyridine rings is 1. The van der Waals surface area contributed by atoms with Gasteiger partial charge in [0.05, 0.1) is 11.4 Å². The Bertz CT molecular complexity index is 1250. The molecule has 0 spiro atoms. The fraction of sp³-hybridized carbons (Fsp3) is 0.167. The van der Waals surface area contributed by atoms with Crippen molar-refractivity contribution in [2.45, 2.75) is 26.3 Å². The summed E-state index contributed by atoms with van der Waals surface area (Å²) < 4.78 is 1.36. The minimum Gasteiger partial charge on any atom is -0.321 e. The Hall–Kier alpha value is -3.80. The predicted molar refractivity (Wildman–Crippen MR) is 118 cm³/mol. The normalized spacial score (nSPS) is 11.0. The number of nitrogens with zero attached hydrogens (tertiary/aromatic N) is 3. The monoisotopic (exact) mass is 398 g/mol. The molecule has 0 radical (unpaired) electrons. The zero-order valence-corrected chi connectivity index (χ0v) is 16.9. The molecular formula is C24H22N4O2. The van der Waals surface area contributed by atoms with Crippen molar-refractivity contribution in [3.63, 3.8) is 0 Å². The first kappa shape index (κ1) is 19.5. The number of nitrogens with one attached hydrogen (secondary N) is 1. The molecule has 1 N–H and O–H groups in total. The zero-order valence-electron chi connectivity index (χ0n) is 16.9. The molecule has 6 heteroatoms. The van der Waals surface area contributed by atoms with Crippen molar-refractivity contribution in [3.8, 4) is 0 Å². The number of rotatable bonds is 5. The van der Waals surface area contributed by atoms with Crippen LogP contribution in [0.3, 0.4) is 0 Å². The Morgan fingerprint density at radius 3 is 2.23 bits per heavy atom. The molecule has 2 aromatic carbocycles. The molecule has 0 aliphatic carbocycles. The lowest BCUT2D eigenvalue weighted by molar-refractivity contribution is 0.102. The summed E-state index contributed by atoms with van der Waals surface area (Å²) in [5, 5.41) is 8.29. The molecule has 30 heavy (non-hydrogen) atoms. The maximum absolute atomic E-state index is 13.0. The van der Waals surface area contributed by atoms with E-state index in [-0.39, 0.29) is 23.2 Å². The molecule has 0 saturated heterocycles. The second-order valence-corrected chi connectivity index (χ2v) is 7.42. The summed E-state index contributed by atoms with van der Waals surface area (Å²) in [4.78, 5) is 29.7. The van der Waals surface area contributed by atoms with Gasteiger partial charge in [-0.1, -0.05) is 30.3 Å². The highest BCUT2D eigenvalue weighted by Gasteiger charge is 2.18. The van der Waals surface area contributed by atoms with Crippen LogP contribution in [0.5, 0.6) is 0 Å². The van der Waals surface area contributed by atoms with Crippen molar-refractivity contribution in [2.24, 2.45) is 0 Å². The number of hydrogen-bond acceptors (Lipinski definition) is 4. The molecule has 2 heterocycles. The van der Waals surface area contributed by atoms with Crippen LogP contribution in [0.25, 0.3) is 10.8 Å². The summed E-state index contributed by atoms with van der Waals surface area (Å²) in [7, 11) is 0. The van der Waals surface area contributed by atoms with Crippen LogP contribution in [0.15, 0.2) is 77.9 Å². The molecule has 4 aromatic rings. The molecule has 0 fully saturated rings. The van der Waals surface area contributed by atoms with Crippen LogP contribution in [-0.2, 0) is 6.42 Å². The van der Waals surface area contributed by atoms with Gasteiger partial charge in [-0.25, -0.2) is 4.68 Å². The van der Waals surface area contributed by atoms with Crippen LogP contribution in [0.4, 0.5) is 5.69 Å². The SMILES string of the molecule is CC(C)n1nc(C(=O)Nc2ccc(Cc3ccncc3)cc2)c2ccccc2c1=O. The molecule has 0 atom stereocenters. The van der Waals surface area contributed by atoms with E-state index < -0.39 is 0 Å². The van der Waals surface area contributed by atoms with Crippen molar-refractivity contribution >= 4 is 22.4 Å². The van der Waals surface area contributed by atoms with Crippen LogP contribution >= 0.6 is 0 Å². The number of carbonyl (C=O) groups is 1. The molecule has 0 saturated carbocycles. The van der Waals surface area contributed by atoms with Crippen molar-refractivity contribution in [1.29, 1.82) is 0 Å². The molecule has 0 aliphatic rings. The average Bonchev–Trinajstić information content (AvgIpc) is 2.76. The van der Waals surface area contributed by atoms with Gasteiger partial charge in [0.25, 0.3) is 11.5 Å². The van der Waals surface area contributed by atoms with E-state index in [0.29, 0.717) is 16.5 Å². The summed E-state index contributed by atoms with van der Waals surface area (Å²) in [5.41, 5.74) is 3.02. The standard InChI is InChI=1S/C24H22N4O2/c1-16(2)28-24(30)21-6-4-3-5-20(21)22(27-28)23(29)26-19-9-7-17(8-10-19)15-18-11-13-25-14-12-18/h3-14,16H,15H2,1-2H3,(H,26,29). The minimum atomic E-state index is -0.345. The fourth-order valence-corrected chi connectivity index (χ4v) is 3.36. The number of hydrogen-bond donors (Lipinski definition) is 1.